The van der Waals surface area contributed by atoms with Crippen molar-refractivity contribution in [1.29, 1.82) is 0 Å². The predicted molar refractivity (Wildman–Crippen MR) is 70.5 cm³/mol. The third kappa shape index (κ3) is 3.31. The Bertz CT molecular complexity index is 476. The molecule has 1 aromatic carbocycles. The van der Waals surface area contributed by atoms with Crippen molar-refractivity contribution in [2.45, 2.75) is 6.61 Å². The van der Waals surface area contributed by atoms with Crippen molar-refractivity contribution in [1.82, 2.24) is 10.2 Å². The van der Waals surface area contributed by atoms with Gasteiger partial charge in [0.25, 0.3) is 0 Å². The van der Waals surface area contributed by atoms with Crippen LogP contribution in [0.25, 0.3) is 0 Å². The van der Waals surface area contributed by atoms with E-state index < -0.39 is 0 Å². The summed E-state index contributed by atoms with van der Waals surface area (Å²) in [5.41, 5.74) is 0.753. The number of nitrogens with zero attached hydrogens (tertiary/aromatic N) is 2. The highest BCUT2D eigenvalue weighted by Crippen LogP contribution is 2.16. The number of aromatic nitrogens is 2. The van der Waals surface area contributed by atoms with Crippen molar-refractivity contribution in [3.8, 4) is 5.75 Å². The van der Waals surface area contributed by atoms with E-state index in [1.165, 1.54) is 0 Å². The Morgan fingerprint density at radius 3 is 2.75 bits per heavy atom. The summed E-state index contributed by atoms with van der Waals surface area (Å²) in [4.78, 5) is 0. The molecule has 0 bridgehead atoms. The van der Waals surface area contributed by atoms with Crippen molar-refractivity contribution in [2.24, 2.45) is 0 Å². The molecule has 16 heavy (non-hydrogen) atoms. The lowest BCUT2D eigenvalue weighted by molar-refractivity contribution is 0.299. The Hall–Kier alpha value is -0.880. The van der Waals surface area contributed by atoms with Crippen molar-refractivity contribution in [3.63, 3.8) is 0 Å². The van der Waals surface area contributed by atoms with Gasteiger partial charge < -0.3 is 4.74 Å². The van der Waals surface area contributed by atoms with E-state index in [1.807, 2.05) is 24.3 Å². The standard InChI is InChI=1S/C11H8ClIN2O/c12-11-5-4-9(14-15-11)7-16-10-3-1-2-8(13)6-10/h1-6H,7H2. The Morgan fingerprint density at radius 1 is 1.19 bits per heavy atom. The molecule has 0 aliphatic heterocycles. The van der Waals surface area contributed by atoms with E-state index >= 15 is 0 Å². The quantitative estimate of drug-likeness (QED) is 0.800. The Labute approximate surface area is 112 Å². The van der Waals surface area contributed by atoms with Gasteiger partial charge in [0.05, 0.1) is 0 Å². The summed E-state index contributed by atoms with van der Waals surface area (Å²) in [6, 6.07) is 11.3. The zero-order valence-corrected chi connectivity index (χ0v) is 11.1. The number of benzene rings is 1. The van der Waals surface area contributed by atoms with Crippen LogP contribution in [0.3, 0.4) is 0 Å². The average molecular weight is 347 g/mol. The van der Waals surface area contributed by atoms with E-state index in [9.17, 15) is 0 Å². The maximum absolute atomic E-state index is 5.63. The second-order valence-corrected chi connectivity index (χ2v) is 4.73. The first-order chi connectivity index (χ1) is 7.74. The molecule has 1 aromatic heterocycles. The number of ether oxygens (including phenoxy) is 1. The Balaban J connectivity index is 1.99. The zero-order valence-electron chi connectivity index (χ0n) is 8.23. The molecule has 0 saturated heterocycles. The molecule has 0 atom stereocenters. The SMILES string of the molecule is Clc1ccc(COc2cccc(I)c2)nn1. The molecule has 2 aromatic rings. The number of rotatable bonds is 3. The molecule has 0 saturated carbocycles. The highest BCUT2D eigenvalue weighted by Gasteiger charge is 1.98. The van der Waals surface area contributed by atoms with E-state index in [1.54, 1.807) is 12.1 Å². The van der Waals surface area contributed by atoms with E-state index in [0.29, 0.717) is 11.8 Å². The predicted octanol–water partition coefficient (Wildman–Crippen LogP) is 3.31. The molecule has 82 valence electrons. The molecule has 0 aliphatic carbocycles. The zero-order chi connectivity index (χ0) is 11.4. The summed E-state index contributed by atoms with van der Waals surface area (Å²) in [7, 11) is 0. The van der Waals surface area contributed by atoms with Crippen molar-refractivity contribution < 1.29 is 4.74 Å². The van der Waals surface area contributed by atoms with Crippen LogP contribution in [0.2, 0.25) is 5.15 Å². The minimum atomic E-state index is 0.387. The Kier molecular flexibility index (Phi) is 3.95. The molecule has 0 unspecified atom stereocenters. The van der Waals surface area contributed by atoms with E-state index in [-0.39, 0.29) is 0 Å². The van der Waals surface area contributed by atoms with Gasteiger partial charge in [0.15, 0.2) is 5.15 Å². The summed E-state index contributed by atoms with van der Waals surface area (Å²) >= 11 is 7.87. The van der Waals surface area contributed by atoms with Crippen LogP contribution in [-0.4, -0.2) is 10.2 Å². The maximum Gasteiger partial charge on any atom is 0.151 e. The molecule has 0 fully saturated rings. The third-order valence-corrected chi connectivity index (χ3v) is 2.74. The molecule has 2 rings (SSSR count). The van der Waals surface area contributed by atoms with Crippen molar-refractivity contribution in [2.75, 3.05) is 0 Å². The average Bonchev–Trinajstić information content (AvgIpc) is 2.28. The first-order valence-electron chi connectivity index (χ1n) is 4.60. The van der Waals surface area contributed by atoms with Gasteiger partial charge in [-0.05, 0) is 52.9 Å². The first-order valence-corrected chi connectivity index (χ1v) is 6.06. The van der Waals surface area contributed by atoms with Crippen LogP contribution in [-0.2, 0) is 6.61 Å². The van der Waals surface area contributed by atoms with Crippen LogP contribution in [0.1, 0.15) is 5.69 Å². The second kappa shape index (κ2) is 5.45. The van der Waals surface area contributed by atoms with Gasteiger partial charge in [-0.25, -0.2) is 0 Å². The van der Waals surface area contributed by atoms with Gasteiger partial charge in [0, 0.05) is 3.57 Å². The van der Waals surface area contributed by atoms with Gasteiger partial charge in [-0.2, -0.15) is 5.10 Å². The Morgan fingerprint density at radius 2 is 2.06 bits per heavy atom. The minimum Gasteiger partial charge on any atom is -0.487 e. The molecule has 0 radical (unpaired) electrons. The summed E-state index contributed by atoms with van der Waals surface area (Å²) in [5.74, 6) is 0.823. The molecular formula is C11H8ClIN2O. The number of hydrogen-bond acceptors (Lipinski definition) is 3. The van der Waals surface area contributed by atoms with Crippen LogP contribution < -0.4 is 4.74 Å². The largest absolute Gasteiger partial charge is 0.487 e. The lowest BCUT2D eigenvalue weighted by atomic mass is 10.3. The summed E-state index contributed by atoms with van der Waals surface area (Å²) in [5, 5.41) is 8.04. The van der Waals surface area contributed by atoms with Crippen molar-refractivity contribution in [3.05, 3.63) is 50.8 Å². The highest BCUT2D eigenvalue weighted by atomic mass is 127. The molecule has 5 heteroatoms. The number of hydrogen-bond donors (Lipinski definition) is 0. The number of halogens is 2. The van der Waals surface area contributed by atoms with Crippen molar-refractivity contribution >= 4 is 34.2 Å². The van der Waals surface area contributed by atoms with Gasteiger partial charge in [0.2, 0.25) is 0 Å². The van der Waals surface area contributed by atoms with E-state index in [4.69, 9.17) is 16.3 Å². The third-order valence-electron chi connectivity index (χ3n) is 1.87. The lowest BCUT2D eigenvalue weighted by Gasteiger charge is -2.05. The van der Waals surface area contributed by atoms with Gasteiger partial charge in [0.1, 0.15) is 18.1 Å². The van der Waals surface area contributed by atoms with Gasteiger partial charge in [-0.15, -0.1) is 5.10 Å². The fraction of sp³-hybridized carbons (Fsp3) is 0.0909. The summed E-state index contributed by atoms with van der Waals surface area (Å²) in [6.07, 6.45) is 0. The van der Waals surface area contributed by atoms with Crippen LogP contribution in [0.15, 0.2) is 36.4 Å². The van der Waals surface area contributed by atoms with Crippen LogP contribution in [0.5, 0.6) is 5.75 Å². The summed E-state index contributed by atoms with van der Waals surface area (Å²) < 4.78 is 6.70. The molecule has 0 spiro atoms. The van der Waals surface area contributed by atoms with Crippen LogP contribution in [0.4, 0.5) is 0 Å². The molecular weight excluding hydrogens is 338 g/mol. The summed E-state index contributed by atoms with van der Waals surface area (Å²) in [6.45, 7) is 0.393. The smallest absolute Gasteiger partial charge is 0.151 e. The molecule has 0 amide bonds. The maximum atomic E-state index is 5.63. The fourth-order valence-electron chi connectivity index (χ4n) is 1.13. The fourth-order valence-corrected chi connectivity index (χ4v) is 1.75. The highest BCUT2D eigenvalue weighted by molar-refractivity contribution is 14.1. The van der Waals surface area contributed by atoms with Gasteiger partial charge >= 0.3 is 0 Å². The monoisotopic (exact) mass is 346 g/mol. The normalized spacial score (nSPS) is 10.1. The molecule has 1 heterocycles. The van der Waals surface area contributed by atoms with E-state index in [2.05, 4.69) is 32.8 Å². The topological polar surface area (TPSA) is 35.0 Å². The first kappa shape index (κ1) is 11.6. The molecule has 0 N–H and O–H groups in total. The van der Waals surface area contributed by atoms with Crippen LogP contribution in [0, 0.1) is 3.57 Å². The van der Waals surface area contributed by atoms with Crippen LogP contribution >= 0.6 is 34.2 Å². The van der Waals surface area contributed by atoms with Gasteiger partial charge in [-0.3, -0.25) is 0 Å². The lowest BCUT2D eigenvalue weighted by Crippen LogP contribution is -1.99. The van der Waals surface area contributed by atoms with E-state index in [0.717, 1.165) is 15.0 Å². The molecule has 3 nitrogen and oxygen atoms in total. The molecule has 0 aliphatic rings. The van der Waals surface area contributed by atoms with Gasteiger partial charge in [-0.1, -0.05) is 17.7 Å². The minimum absolute atomic E-state index is 0.387. The second-order valence-electron chi connectivity index (χ2n) is 3.09.